The normalized spacial score (nSPS) is 11.4. The molecule has 0 aliphatic carbocycles. The fourth-order valence-electron chi connectivity index (χ4n) is 2.68. The first kappa shape index (κ1) is 19.1. The van der Waals surface area contributed by atoms with Crippen molar-refractivity contribution >= 4 is 17.6 Å². The number of carbonyl (C=O) groups excluding carboxylic acids is 2. The van der Waals surface area contributed by atoms with Gasteiger partial charge in [0, 0.05) is 18.0 Å². The van der Waals surface area contributed by atoms with Crippen molar-refractivity contribution < 1.29 is 19.1 Å². The van der Waals surface area contributed by atoms with Crippen molar-refractivity contribution in [1.29, 1.82) is 0 Å². The molecule has 0 unspecified atom stereocenters. The van der Waals surface area contributed by atoms with Crippen LogP contribution in [0.5, 0.6) is 5.75 Å². The molecule has 2 aromatic carbocycles. The molecule has 6 nitrogen and oxygen atoms in total. The summed E-state index contributed by atoms with van der Waals surface area (Å²) in [6, 6.07) is 17.5. The van der Waals surface area contributed by atoms with E-state index in [9.17, 15) is 9.59 Å². The molecule has 28 heavy (non-hydrogen) atoms. The zero-order valence-corrected chi connectivity index (χ0v) is 15.6. The van der Waals surface area contributed by atoms with E-state index in [0.717, 1.165) is 5.56 Å². The molecule has 1 amide bonds. The standard InChI is InChI=1S/C22H20N2O4/c1-15-10-11-19(27-2)18(13-15)24-21(25)20(16-7-4-3-5-8-16)28-22(26)17-9-6-12-23-14-17/h3-14,20H,1-2H3,(H,24,25)/t20-/m0/s1. The van der Waals surface area contributed by atoms with Crippen molar-refractivity contribution in [3.63, 3.8) is 0 Å². The number of aromatic nitrogens is 1. The van der Waals surface area contributed by atoms with E-state index >= 15 is 0 Å². The third kappa shape index (κ3) is 4.54. The third-order valence-electron chi connectivity index (χ3n) is 4.08. The SMILES string of the molecule is COc1ccc(C)cc1NC(=O)[C@@H](OC(=O)c1cccnc1)c1ccccc1. The molecule has 0 saturated carbocycles. The maximum Gasteiger partial charge on any atom is 0.340 e. The minimum Gasteiger partial charge on any atom is -0.495 e. The van der Waals surface area contributed by atoms with Crippen molar-refractivity contribution in [3.05, 3.63) is 89.7 Å². The lowest BCUT2D eigenvalue weighted by molar-refractivity contribution is -0.125. The maximum atomic E-state index is 13.0. The van der Waals surface area contributed by atoms with Crippen molar-refractivity contribution in [2.75, 3.05) is 12.4 Å². The van der Waals surface area contributed by atoms with E-state index in [1.165, 1.54) is 13.3 Å². The highest BCUT2D eigenvalue weighted by atomic mass is 16.5. The van der Waals surface area contributed by atoms with Crippen molar-refractivity contribution in [3.8, 4) is 5.75 Å². The van der Waals surface area contributed by atoms with E-state index < -0.39 is 18.0 Å². The van der Waals surface area contributed by atoms with Gasteiger partial charge in [-0.15, -0.1) is 0 Å². The van der Waals surface area contributed by atoms with Crippen molar-refractivity contribution in [2.24, 2.45) is 0 Å². The van der Waals surface area contributed by atoms with E-state index in [1.54, 1.807) is 54.7 Å². The lowest BCUT2D eigenvalue weighted by atomic mass is 10.1. The number of benzene rings is 2. The van der Waals surface area contributed by atoms with Crippen LogP contribution in [0.25, 0.3) is 0 Å². The van der Waals surface area contributed by atoms with Gasteiger partial charge in [0.25, 0.3) is 5.91 Å². The molecule has 6 heteroatoms. The van der Waals surface area contributed by atoms with Crippen LogP contribution in [0.1, 0.15) is 27.6 Å². The fraction of sp³-hybridized carbons (Fsp3) is 0.136. The quantitative estimate of drug-likeness (QED) is 0.660. The lowest BCUT2D eigenvalue weighted by Crippen LogP contribution is -2.26. The molecule has 1 N–H and O–H groups in total. The molecular weight excluding hydrogens is 356 g/mol. The highest BCUT2D eigenvalue weighted by Crippen LogP contribution is 2.28. The first-order chi connectivity index (χ1) is 13.6. The summed E-state index contributed by atoms with van der Waals surface area (Å²) >= 11 is 0. The van der Waals surface area contributed by atoms with E-state index in [1.807, 2.05) is 19.1 Å². The van der Waals surface area contributed by atoms with Gasteiger partial charge in [0.15, 0.2) is 0 Å². The number of esters is 1. The average molecular weight is 376 g/mol. The number of hydrogen-bond donors (Lipinski definition) is 1. The number of nitrogens with one attached hydrogen (secondary N) is 1. The van der Waals surface area contributed by atoms with Gasteiger partial charge in [-0.2, -0.15) is 0 Å². The van der Waals surface area contributed by atoms with Crippen LogP contribution in [0, 0.1) is 6.92 Å². The fourth-order valence-corrected chi connectivity index (χ4v) is 2.68. The lowest BCUT2D eigenvalue weighted by Gasteiger charge is -2.19. The van der Waals surface area contributed by atoms with Crippen LogP contribution in [0.3, 0.4) is 0 Å². The van der Waals surface area contributed by atoms with Gasteiger partial charge < -0.3 is 14.8 Å². The smallest absolute Gasteiger partial charge is 0.340 e. The first-order valence-corrected chi connectivity index (χ1v) is 8.70. The minimum absolute atomic E-state index is 0.268. The Labute approximate surface area is 163 Å². The minimum atomic E-state index is -1.13. The number of ether oxygens (including phenoxy) is 2. The molecule has 142 valence electrons. The number of rotatable bonds is 6. The summed E-state index contributed by atoms with van der Waals surface area (Å²) < 4.78 is 10.8. The molecule has 0 aliphatic heterocycles. The van der Waals surface area contributed by atoms with E-state index in [4.69, 9.17) is 9.47 Å². The summed E-state index contributed by atoms with van der Waals surface area (Å²) in [4.78, 5) is 29.4. The number of pyridine rings is 1. The van der Waals surface area contributed by atoms with Crippen molar-refractivity contribution in [1.82, 2.24) is 4.98 Å². The van der Waals surface area contributed by atoms with Gasteiger partial charge in [-0.25, -0.2) is 4.79 Å². The highest BCUT2D eigenvalue weighted by molar-refractivity contribution is 5.99. The average Bonchev–Trinajstić information content (AvgIpc) is 2.73. The van der Waals surface area contributed by atoms with E-state index in [-0.39, 0.29) is 5.56 Å². The number of amides is 1. The summed E-state index contributed by atoms with van der Waals surface area (Å²) in [7, 11) is 1.53. The molecule has 0 saturated heterocycles. The van der Waals surface area contributed by atoms with Crippen LogP contribution < -0.4 is 10.1 Å². The second-order valence-electron chi connectivity index (χ2n) is 6.13. The first-order valence-electron chi connectivity index (χ1n) is 8.70. The number of hydrogen-bond acceptors (Lipinski definition) is 5. The highest BCUT2D eigenvalue weighted by Gasteiger charge is 2.26. The second kappa shape index (κ2) is 8.81. The molecule has 1 aromatic heterocycles. The summed E-state index contributed by atoms with van der Waals surface area (Å²) in [5.74, 6) is -0.593. The summed E-state index contributed by atoms with van der Waals surface area (Å²) in [5.41, 5.74) is 2.29. The van der Waals surface area contributed by atoms with Gasteiger partial charge in [0.2, 0.25) is 6.10 Å². The summed E-state index contributed by atoms with van der Waals surface area (Å²) in [5, 5.41) is 2.80. The van der Waals surface area contributed by atoms with Gasteiger partial charge >= 0.3 is 5.97 Å². The van der Waals surface area contributed by atoms with Crippen LogP contribution in [0.15, 0.2) is 73.1 Å². The molecule has 0 bridgehead atoms. The maximum absolute atomic E-state index is 13.0. The Morgan fingerprint density at radius 1 is 1.04 bits per heavy atom. The predicted molar refractivity (Wildman–Crippen MR) is 105 cm³/mol. The Morgan fingerprint density at radius 3 is 2.50 bits per heavy atom. The molecule has 1 heterocycles. The Balaban J connectivity index is 1.88. The molecular formula is C22H20N2O4. The number of anilines is 1. The van der Waals surface area contributed by atoms with Crippen LogP contribution in [-0.2, 0) is 9.53 Å². The summed E-state index contributed by atoms with van der Waals surface area (Å²) in [6.45, 7) is 1.91. The van der Waals surface area contributed by atoms with Crippen LogP contribution in [0.2, 0.25) is 0 Å². The predicted octanol–water partition coefficient (Wildman–Crippen LogP) is 3.94. The topological polar surface area (TPSA) is 77.5 Å². The number of aryl methyl sites for hydroxylation is 1. The Morgan fingerprint density at radius 2 is 1.82 bits per heavy atom. The third-order valence-corrected chi connectivity index (χ3v) is 4.08. The van der Waals surface area contributed by atoms with E-state index in [2.05, 4.69) is 10.3 Å². The van der Waals surface area contributed by atoms with E-state index in [0.29, 0.717) is 17.0 Å². The van der Waals surface area contributed by atoms with Crippen LogP contribution in [-0.4, -0.2) is 24.0 Å². The molecule has 0 aliphatic rings. The number of carbonyl (C=O) groups is 2. The number of nitrogens with zero attached hydrogens (tertiary/aromatic N) is 1. The van der Waals surface area contributed by atoms with Crippen LogP contribution >= 0.6 is 0 Å². The molecule has 3 rings (SSSR count). The summed E-state index contributed by atoms with van der Waals surface area (Å²) in [6.07, 6.45) is 1.83. The Hall–Kier alpha value is -3.67. The van der Waals surface area contributed by atoms with Gasteiger partial charge in [-0.1, -0.05) is 36.4 Å². The molecule has 3 aromatic rings. The number of methoxy groups -OCH3 is 1. The van der Waals surface area contributed by atoms with Gasteiger partial charge in [-0.05, 0) is 36.8 Å². The Bertz CT molecular complexity index is 959. The van der Waals surface area contributed by atoms with Crippen molar-refractivity contribution in [2.45, 2.75) is 13.0 Å². The molecule has 1 atom stereocenters. The molecule has 0 fully saturated rings. The van der Waals surface area contributed by atoms with Gasteiger partial charge in [-0.3, -0.25) is 9.78 Å². The molecule has 0 radical (unpaired) electrons. The van der Waals surface area contributed by atoms with Gasteiger partial charge in [0.1, 0.15) is 5.75 Å². The Kier molecular flexibility index (Phi) is 6.01. The zero-order chi connectivity index (χ0) is 19.9. The second-order valence-corrected chi connectivity index (χ2v) is 6.13. The van der Waals surface area contributed by atoms with Crippen LogP contribution in [0.4, 0.5) is 5.69 Å². The molecule has 0 spiro atoms. The largest absolute Gasteiger partial charge is 0.495 e. The zero-order valence-electron chi connectivity index (χ0n) is 15.6. The monoisotopic (exact) mass is 376 g/mol. The van der Waals surface area contributed by atoms with Gasteiger partial charge in [0.05, 0.1) is 18.4 Å².